The summed E-state index contributed by atoms with van der Waals surface area (Å²) in [4.78, 5) is 0. The highest BCUT2D eigenvalue weighted by Crippen LogP contribution is 2.53. The number of hydrogen-bond donors (Lipinski definition) is 0. The van der Waals surface area contributed by atoms with Gasteiger partial charge in [-0.15, -0.1) is 0 Å². The number of para-hydroxylation sites is 2. The molecule has 4 nitrogen and oxygen atoms in total. The molecule has 3 aromatic carbocycles. The molecule has 0 unspecified atom stereocenters. The van der Waals surface area contributed by atoms with Crippen LogP contribution in [0.4, 0.5) is 0 Å². The molecule has 0 amide bonds. The van der Waals surface area contributed by atoms with E-state index in [0.29, 0.717) is 17.3 Å². The van der Waals surface area contributed by atoms with Gasteiger partial charge < -0.3 is 13.6 Å². The Labute approximate surface area is 179 Å². The third-order valence-corrected chi connectivity index (χ3v) is 8.38. The lowest BCUT2D eigenvalue weighted by molar-refractivity contribution is 0.284. The van der Waals surface area contributed by atoms with Gasteiger partial charge >= 0.3 is 7.82 Å². The molecule has 0 aliphatic carbocycles. The second-order valence-electron chi connectivity index (χ2n) is 7.92. The van der Waals surface area contributed by atoms with E-state index in [2.05, 4.69) is 19.6 Å². The van der Waals surface area contributed by atoms with Gasteiger partial charge in [-0.25, -0.2) is 0 Å². The quantitative estimate of drug-likeness (QED) is 0.207. The smallest absolute Gasteiger partial charge is 0.386 e. The highest BCUT2D eigenvalue weighted by atomic mass is 31.2. The van der Waals surface area contributed by atoms with Crippen LogP contribution in [0.3, 0.4) is 0 Å². The van der Waals surface area contributed by atoms with Crippen LogP contribution in [0.1, 0.15) is 12.5 Å². The minimum atomic E-state index is -4.04. The van der Waals surface area contributed by atoms with Crippen molar-refractivity contribution in [1.82, 2.24) is 0 Å². The molecule has 0 saturated carbocycles. The summed E-state index contributed by atoms with van der Waals surface area (Å²) in [6.07, 6.45) is 0. The van der Waals surface area contributed by atoms with Crippen molar-refractivity contribution in [3.05, 3.63) is 102 Å². The molecule has 0 bridgehead atoms. The van der Waals surface area contributed by atoms with Gasteiger partial charge in [-0.3, -0.25) is 0 Å². The lowest BCUT2D eigenvalue weighted by Crippen LogP contribution is -2.24. The van der Waals surface area contributed by atoms with Gasteiger partial charge in [0.15, 0.2) is 0 Å². The van der Waals surface area contributed by atoms with Gasteiger partial charge in [-0.2, -0.15) is 4.57 Å². The maximum Gasteiger partial charge on any atom is 0.647 e. The van der Waals surface area contributed by atoms with Crippen molar-refractivity contribution in [2.75, 3.05) is 0 Å². The molecule has 0 aromatic heterocycles. The van der Waals surface area contributed by atoms with Crippen LogP contribution in [-0.4, -0.2) is 8.07 Å². The molecule has 0 aliphatic rings. The molecule has 0 spiro atoms. The van der Waals surface area contributed by atoms with Crippen LogP contribution < -0.4 is 9.05 Å². The summed E-state index contributed by atoms with van der Waals surface area (Å²) < 4.78 is 31.7. The van der Waals surface area contributed by atoms with Crippen molar-refractivity contribution < 1.29 is 18.1 Å². The Morgan fingerprint density at radius 3 is 1.50 bits per heavy atom. The number of phosphoric acid groups is 1. The first-order chi connectivity index (χ1) is 14.3. The molecular weight excluding hydrogens is 411 g/mol. The molecular formula is C24H27O4PSi. The Hall–Kier alpha value is -2.75. The fraction of sp³-hybridized carbons (Fsp3) is 0.167. The molecule has 0 atom stereocenters. The zero-order valence-corrected chi connectivity index (χ0v) is 19.6. The first-order valence-corrected chi connectivity index (χ1v) is 14.8. The van der Waals surface area contributed by atoms with Gasteiger partial charge in [0.05, 0.1) is 8.07 Å². The molecule has 0 heterocycles. The molecule has 0 N–H and O–H groups in total. The normalized spacial score (nSPS) is 12.7. The van der Waals surface area contributed by atoms with Crippen molar-refractivity contribution >= 4 is 21.7 Å². The molecule has 0 saturated heterocycles. The summed E-state index contributed by atoms with van der Waals surface area (Å²) in [5.74, 6) is 1.37. The topological polar surface area (TPSA) is 44.8 Å². The minimum Gasteiger partial charge on any atom is -0.386 e. The average molecular weight is 439 g/mol. The summed E-state index contributed by atoms with van der Waals surface area (Å²) in [6, 6.07) is 27.5. The van der Waals surface area contributed by atoms with Crippen LogP contribution in [0.5, 0.6) is 11.5 Å². The molecule has 3 aromatic rings. The highest BCUT2D eigenvalue weighted by Gasteiger charge is 2.36. The van der Waals surface area contributed by atoms with Gasteiger partial charge in [0.25, 0.3) is 0 Å². The number of hydrogen-bond acceptors (Lipinski definition) is 4. The summed E-state index contributed by atoms with van der Waals surface area (Å²) in [6.45, 7) is 8.69. The summed E-state index contributed by atoms with van der Waals surface area (Å²) in [5, 5.41) is 1.07. The van der Waals surface area contributed by atoms with Crippen LogP contribution in [0.2, 0.25) is 19.6 Å². The number of benzene rings is 3. The Balaban J connectivity index is 2.05. The van der Waals surface area contributed by atoms with Crippen LogP contribution in [-0.2, 0) is 9.09 Å². The Bertz CT molecular complexity index is 984. The second-order valence-corrected chi connectivity index (χ2v) is 14.6. The van der Waals surface area contributed by atoms with Crippen LogP contribution in [0.15, 0.2) is 96.2 Å². The van der Waals surface area contributed by atoms with Crippen molar-refractivity contribution in [1.29, 1.82) is 0 Å². The number of allylic oxidation sites excluding steroid dienone is 1. The molecule has 156 valence electrons. The Morgan fingerprint density at radius 1 is 0.700 bits per heavy atom. The van der Waals surface area contributed by atoms with Gasteiger partial charge in [0.2, 0.25) is 0 Å². The maximum absolute atomic E-state index is 13.9. The molecule has 0 aliphatic heterocycles. The van der Waals surface area contributed by atoms with Crippen molar-refractivity contribution in [3.8, 4) is 11.5 Å². The first-order valence-electron chi connectivity index (χ1n) is 9.82. The van der Waals surface area contributed by atoms with Gasteiger partial charge in [-0.05, 0) is 36.4 Å². The maximum atomic E-state index is 13.9. The largest absolute Gasteiger partial charge is 0.647 e. The van der Waals surface area contributed by atoms with E-state index in [1.54, 1.807) is 24.3 Å². The van der Waals surface area contributed by atoms with E-state index in [-0.39, 0.29) is 0 Å². The fourth-order valence-corrected chi connectivity index (χ4v) is 4.96. The third-order valence-electron chi connectivity index (χ3n) is 4.63. The zero-order chi connectivity index (χ0) is 21.6. The molecule has 0 fully saturated rings. The standard InChI is InChI=1S/C24H27O4PSi/c1-20(30(2,3)4)24(21-14-8-5-9-15-21)28-29(25,26-22-16-10-6-11-17-22)27-23-18-12-7-13-19-23/h5-19H,1-4H3/b24-20-. The molecule has 6 heteroatoms. The van der Waals surface area contributed by atoms with Gasteiger partial charge in [0.1, 0.15) is 17.3 Å². The van der Waals surface area contributed by atoms with E-state index in [1.807, 2.05) is 73.7 Å². The van der Waals surface area contributed by atoms with Gasteiger partial charge in [0, 0.05) is 5.56 Å². The average Bonchev–Trinajstić information content (AvgIpc) is 2.73. The van der Waals surface area contributed by atoms with E-state index < -0.39 is 15.9 Å². The zero-order valence-electron chi connectivity index (χ0n) is 17.7. The first kappa shape index (κ1) is 21.9. The predicted molar refractivity (Wildman–Crippen MR) is 125 cm³/mol. The van der Waals surface area contributed by atoms with E-state index in [1.165, 1.54) is 0 Å². The summed E-state index contributed by atoms with van der Waals surface area (Å²) >= 11 is 0. The lowest BCUT2D eigenvalue weighted by Gasteiger charge is -2.26. The van der Waals surface area contributed by atoms with Crippen LogP contribution in [0, 0.1) is 0 Å². The second kappa shape index (κ2) is 9.37. The molecule has 30 heavy (non-hydrogen) atoms. The minimum absolute atomic E-state index is 0.412. The number of rotatable bonds is 8. The van der Waals surface area contributed by atoms with Crippen molar-refractivity contribution in [3.63, 3.8) is 0 Å². The fourth-order valence-electron chi connectivity index (χ4n) is 2.66. The van der Waals surface area contributed by atoms with E-state index in [0.717, 1.165) is 10.8 Å². The highest BCUT2D eigenvalue weighted by molar-refractivity contribution is 7.49. The molecule has 3 rings (SSSR count). The van der Waals surface area contributed by atoms with Crippen LogP contribution >= 0.6 is 7.82 Å². The van der Waals surface area contributed by atoms with E-state index >= 15 is 0 Å². The third kappa shape index (κ3) is 5.88. The van der Waals surface area contributed by atoms with Crippen LogP contribution in [0.25, 0.3) is 5.76 Å². The monoisotopic (exact) mass is 438 g/mol. The van der Waals surface area contributed by atoms with Gasteiger partial charge in [-0.1, -0.05) is 86.4 Å². The SMILES string of the molecule is C/C(=C(/OP(=O)(Oc1ccccc1)Oc1ccccc1)c1ccccc1)[Si](C)(C)C. The van der Waals surface area contributed by atoms with E-state index in [4.69, 9.17) is 13.6 Å². The Kier molecular flexibility index (Phi) is 6.86. The molecule has 0 radical (unpaired) electrons. The van der Waals surface area contributed by atoms with Crippen molar-refractivity contribution in [2.24, 2.45) is 0 Å². The predicted octanol–water partition coefficient (Wildman–Crippen LogP) is 7.58. The van der Waals surface area contributed by atoms with E-state index in [9.17, 15) is 4.57 Å². The lowest BCUT2D eigenvalue weighted by atomic mass is 10.2. The summed E-state index contributed by atoms with van der Waals surface area (Å²) in [5.41, 5.74) is 0.839. The summed E-state index contributed by atoms with van der Waals surface area (Å²) in [7, 11) is -5.81. The Morgan fingerprint density at radius 2 is 1.10 bits per heavy atom. The number of phosphoric ester groups is 1. The van der Waals surface area contributed by atoms with Crippen molar-refractivity contribution in [2.45, 2.75) is 26.6 Å².